The summed E-state index contributed by atoms with van der Waals surface area (Å²) in [5, 5.41) is 12.6. The summed E-state index contributed by atoms with van der Waals surface area (Å²) in [7, 11) is -7.69. The molecule has 0 saturated carbocycles. The largest absolute Gasteiger partial charge is 0.357 e. The summed E-state index contributed by atoms with van der Waals surface area (Å²) in [5.74, 6) is -1.68. The van der Waals surface area contributed by atoms with Gasteiger partial charge in [-0.05, 0) is 56.7 Å². The number of amides is 1. The van der Waals surface area contributed by atoms with E-state index in [0.29, 0.717) is 16.9 Å². The Hall–Kier alpha value is -3.60. The minimum absolute atomic E-state index is 0.0478. The van der Waals surface area contributed by atoms with Gasteiger partial charge in [-0.3, -0.25) is 9.36 Å². The van der Waals surface area contributed by atoms with Crippen LogP contribution >= 0.6 is 7.60 Å². The smallest absolute Gasteiger partial charge is 0.333 e. The van der Waals surface area contributed by atoms with Crippen molar-refractivity contribution in [3.8, 4) is 16.9 Å². The van der Waals surface area contributed by atoms with Crippen LogP contribution in [-0.4, -0.2) is 37.3 Å². The van der Waals surface area contributed by atoms with E-state index in [9.17, 15) is 17.8 Å². The van der Waals surface area contributed by atoms with E-state index in [-0.39, 0.29) is 23.8 Å². The Balaban J connectivity index is 1.78. The molecule has 4 rings (SSSR count). The fourth-order valence-corrected chi connectivity index (χ4v) is 6.54. The summed E-state index contributed by atoms with van der Waals surface area (Å²) in [4.78, 5) is 13.6. The van der Waals surface area contributed by atoms with E-state index in [0.717, 1.165) is 11.1 Å². The lowest BCUT2D eigenvalue weighted by atomic mass is 10.1. The Bertz CT molecular complexity index is 1610. The fourth-order valence-electron chi connectivity index (χ4n) is 4.12. The molecule has 0 aliphatic carbocycles. The zero-order chi connectivity index (χ0) is 28.9. The van der Waals surface area contributed by atoms with Crippen LogP contribution in [0.15, 0.2) is 89.8 Å². The molecule has 4 aromatic rings. The van der Waals surface area contributed by atoms with E-state index in [4.69, 9.17) is 14.2 Å². The SMILES string of the molecule is CCOP(=O)(OCC)C(NC(=O)c1cc(-c2ccc(C)cc2)n(-c2ccc(S(N)(=O)=O)cc2)n1)c1ccccc1. The summed E-state index contributed by atoms with van der Waals surface area (Å²) < 4.78 is 50.0. The van der Waals surface area contributed by atoms with Crippen molar-refractivity contribution in [2.75, 3.05) is 13.2 Å². The summed E-state index contributed by atoms with van der Waals surface area (Å²) in [5.41, 5.74) is 3.53. The predicted octanol–water partition coefficient (Wildman–Crippen LogP) is 5.19. The van der Waals surface area contributed by atoms with Crippen molar-refractivity contribution >= 4 is 23.5 Å². The minimum atomic E-state index is -3.88. The van der Waals surface area contributed by atoms with Crippen LogP contribution in [-0.2, 0) is 23.6 Å². The van der Waals surface area contributed by atoms with Crippen LogP contribution in [0.5, 0.6) is 0 Å². The van der Waals surface area contributed by atoms with Crippen LogP contribution in [0.1, 0.15) is 41.2 Å². The van der Waals surface area contributed by atoms with Gasteiger partial charge >= 0.3 is 7.60 Å². The average molecular weight is 583 g/mol. The van der Waals surface area contributed by atoms with Gasteiger partial charge in [-0.1, -0.05) is 60.2 Å². The molecule has 0 radical (unpaired) electrons. The maximum Gasteiger partial charge on any atom is 0.357 e. The highest BCUT2D eigenvalue weighted by molar-refractivity contribution is 7.89. The molecule has 210 valence electrons. The lowest BCUT2D eigenvalue weighted by molar-refractivity contribution is 0.0931. The number of carbonyl (C=O) groups is 1. The zero-order valence-corrected chi connectivity index (χ0v) is 24.1. The van der Waals surface area contributed by atoms with E-state index in [1.54, 1.807) is 56.3 Å². The number of aryl methyl sites for hydroxylation is 1. The topological polar surface area (TPSA) is 143 Å². The number of nitrogens with zero attached hydrogens (tertiary/aromatic N) is 2. The monoisotopic (exact) mass is 582 g/mol. The van der Waals surface area contributed by atoms with E-state index in [2.05, 4.69) is 10.4 Å². The third-order valence-corrected chi connectivity index (χ3v) is 9.24. The van der Waals surface area contributed by atoms with Crippen molar-refractivity contribution < 1.29 is 26.8 Å². The molecule has 1 atom stereocenters. The summed E-state index contributed by atoms with van der Waals surface area (Å²) >= 11 is 0. The van der Waals surface area contributed by atoms with Crippen LogP contribution < -0.4 is 10.5 Å². The van der Waals surface area contributed by atoms with Gasteiger partial charge in [0.2, 0.25) is 10.0 Å². The molecule has 0 fully saturated rings. The number of primary sulfonamides is 1. The quantitative estimate of drug-likeness (QED) is 0.232. The molecular weight excluding hydrogens is 551 g/mol. The number of hydrogen-bond donors (Lipinski definition) is 2. The number of benzene rings is 3. The molecule has 1 heterocycles. The number of sulfonamides is 1. The van der Waals surface area contributed by atoms with Gasteiger partial charge in [0.05, 0.1) is 29.5 Å². The highest BCUT2D eigenvalue weighted by Crippen LogP contribution is 2.59. The highest BCUT2D eigenvalue weighted by Gasteiger charge is 2.38. The van der Waals surface area contributed by atoms with Crippen molar-refractivity contribution in [1.29, 1.82) is 0 Å². The second kappa shape index (κ2) is 12.3. The maximum absolute atomic E-state index is 13.8. The molecule has 1 amide bonds. The van der Waals surface area contributed by atoms with Crippen molar-refractivity contribution in [2.24, 2.45) is 5.14 Å². The predicted molar refractivity (Wildman–Crippen MR) is 153 cm³/mol. The lowest BCUT2D eigenvalue weighted by Crippen LogP contribution is -2.30. The first-order chi connectivity index (χ1) is 19.1. The van der Waals surface area contributed by atoms with Gasteiger partial charge in [0, 0.05) is 5.56 Å². The first kappa shape index (κ1) is 29.4. The third kappa shape index (κ3) is 6.57. The molecule has 0 aliphatic heterocycles. The van der Waals surface area contributed by atoms with Gasteiger partial charge in [-0.2, -0.15) is 5.10 Å². The van der Waals surface area contributed by atoms with Crippen LogP contribution in [0.4, 0.5) is 0 Å². The number of carbonyl (C=O) groups excluding carboxylic acids is 1. The van der Waals surface area contributed by atoms with Crippen molar-refractivity contribution in [3.05, 3.63) is 102 Å². The molecule has 3 aromatic carbocycles. The molecule has 0 bridgehead atoms. The van der Waals surface area contributed by atoms with Crippen molar-refractivity contribution in [2.45, 2.75) is 31.4 Å². The van der Waals surface area contributed by atoms with Crippen molar-refractivity contribution in [1.82, 2.24) is 15.1 Å². The van der Waals surface area contributed by atoms with Crippen LogP contribution in [0.25, 0.3) is 16.9 Å². The number of rotatable bonds is 11. The van der Waals surface area contributed by atoms with Gasteiger partial charge < -0.3 is 14.4 Å². The second-order valence-electron chi connectivity index (χ2n) is 8.89. The average Bonchev–Trinajstić information content (AvgIpc) is 3.38. The van der Waals surface area contributed by atoms with Crippen LogP contribution in [0, 0.1) is 6.92 Å². The van der Waals surface area contributed by atoms with Gasteiger partial charge in [0.25, 0.3) is 5.91 Å². The van der Waals surface area contributed by atoms with E-state index in [1.165, 1.54) is 16.8 Å². The Morgan fingerprint density at radius 2 is 1.57 bits per heavy atom. The number of aromatic nitrogens is 2. The summed E-state index contributed by atoms with van der Waals surface area (Å²) in [6, 6.07) is 23.9. The van der Waals surface area contributed by atoms with Gasteiger partial charge in [0.15, 0.2) is 11.5 Å². The van der Waals surface area contributed by atoms with Crippen LogP contribution in [0.3, 0.4) is 0 Å². The molecule has 0 spiro atoms. The van der Waals surface area contributed by atoms with Crippen molar-refractivity contribution in [3.63, 3.8) is 0 Å². The highest BCUT2D eigenvalue weighted by atomic mass is 32.2. The molecule has 0 saturated heterocycles. The van der Waals surface area contributed by atoms with E-state index < -0.39 is 29.3 Å². The normalized spacial score (nSPS) is 12.7. The number of nitrogens with two attached hydrogens (primary N) is 1. The fraction of sp³-hybridized carbons (Fsp3) is 0.214. The molecule has 40 heavy (non-hydrogen) atoms. The number of nitrogens with one attached hydrogen (secondary N) is 1. The standard InChI is InChI=1S/C28H31N4O6PS/c1-4-37-39(34,38-5-2)28(22-9-7-6-8-10-22)30-27(33)25-19-26(21-13-11-20(3)12-14-21)32(31-25)23-15-17-24(18-16-23)40(29,35)36/h6-19,28H,4-5H2,1-3H3,(H,30,33)(H2,29,35,36). The Morgan fingerprint density at radius 1 is 0.975 bits per heavy atom. The van der Waals surface area contributed by atoms with E-state index in [1.807, 2.05) is 37.3 Å². The van der Waals surface area contributed by atoms with E-state index >= 15 is 0 Å². The molecule has 12 heteroatoms. The van der Waals surface area contributed by atoms with Gasteiger partial charge in [0.1, 0.15) is 0 Å². The Kier molecular flexibility index (Phi) is 9.02. The zero-order valence-electron chi connectivity index (χ0n) is 22.4. The van der Waals surface area contributed by atoms with Crippen LogP contribution in [0.2, 0.25) is 0 Å². The second-order valence-corrected chi connectivity index (χ2v) is 12.6. The molecule has 1 aromatic heterocycles. The van der Waals surface area contributed by atoms with Gasteiger partial charge in [-0.15, -0.1) is 0 Å². The first-order valence-corrected chi connectivity index (χ1v) is 15.8. The molecular formula is C28H31N4O6PS. The molecule has 0 aliphatic rings. The first-order valence-electron chi connectivity index (χ1n) is 12.6. The Labute approximate surface area is 233 Å². The molecule has 3 N–H and O–H groups in total. The van der Waals surface area contributed by atoms with Gasteiger partial charge in [-0.25, -0.2) is 18.2 Å². The summed E-state index contributed by atoms with van der Waals surface area (Å²) in [6.07, 6.45) is 0. The minimum Gasteiger partial charge on any atom is -0.333 e. The molecule has 1 unspecified atom stereocenters. The Morgan fingerprint density at radius 3 is 2.12 bits per heavy atom. The maximum atomic E-state index is 13.8. The number of hydrogen-bond acceptors (Lipinski definition) is 7. The third-order valence-electron chi connectivity index (χ3n) is 6.02. The lowest BCUT2D eigenvalue weighted by Gasteiger charge is -2.27. The molecule has 10 nitrogen and oxygen atoms in total. The summed E-state index contributed by atoms with van der Waals surface area (Å²) in [6.45, 7) is 5.61.